The van der Waals surface area contributed by atoms with Gasteiger partial charge in [-0.2, -0.15) is 11.8 Å². The number of nitrogens with two attached hydrogens (primary N) is 1. The zero-order valence-electron chi connectivity index (χ0n) is 13.1. The van der Waals surface area contributed by atoms with Crippen molar-refractivity contribution in [3.8, 4) is 0 Å². The smallest absolute Gasteiger partial charge is 0.218 e. The molecule has 1 amide bonds. The van der Waals surface area contributed by atoms with Gasteiger partial charge >= 0.3 is 0 Å². The van der Waals surface area contributed by atoms with E-state index in [1.54, 1.807) is 0 Å². The minimum Gasteiger partial charge on any atom is -0.370 e. The largest absolute Gasteiger partial charge is 0.370 e. The van der Waals surface area contributed by atoms with Crippen LogP contribution in [0, 0.1) is 0 Å². The van der Waals surface area contributed by atoms with Crippen molar-refractivity contribution in [1.82, 2.24) is 0 Å². The molecule has 0 heterocycles. The molecule has 22 heavy (non-hydrogen) atoms. The minimum atomic E-state index is -0.634. The maximum atomic E-state index is 12.3. The molecule has 0 spiro atoms. The van der Waals surface area contributed by atoms with E-state index in [0.717, 1.165) is 11.1 Å². The molecule has 2 atom stereocenters. The summed E-state index contributed by atoms with van der Waals surface area (Å²) < 4.78 is 0. The number of amides is 1. The highest BCUT2D eigenvalue weighted by molar-refractivity contribution is 8.00. The lowest BCUT2D eigenvalue weighted by atomic mass is 9.80. The van der Waals surface area contributed by atoms with Crippen molar-refractivity contribution in [3.05, 3.63) is 35.4 Å². The average Bonchev–Trinajstić information content (AvgIpc) is 2.72. The molecule has 118 valence electrons. The van der Waals surface area contributed by atoms with Crippen LogP contribution in [-0.2, 0) is 19.8 Å². The molecule has 1 aromatic rings. The van der Waals surface area contributed by atoms with Crippen molar-refractivity contribution < 1.29 is 14.4 Å². The van der Waals surface area contributed by atoms with Crippen molar-refractivity contribution in [2.75, 3.05) is 6.26 Å². The number of hydrogen-bond donors (Lipinski definition) is 1. The number of carbonyl (C=O) groups excluding carboxylic acids is 3. The molecule has 0 saturated heterocycles. The predicted octanol–water partition coefficient (Wildman–Crippen LogP) is 2.20. The number of primary amides is 1. The zero-order valence-corrected chi connectivity index (χ0v) is 13.9. The van der Waals surface area contributed by atoms with Gasteiger partial charge in [0.25, 0.3) is 0 Å². The maximum absolute atomic E-state index is 12.3. The van der Waals surface area contributed by atoms with Gasteiger partial charge in [0.1, 0.15) is 11.7 Å². The zero-order chi connectivity index (χ0) is 16.5. The average molecular weight is 319 g/mol. The van der Waals surface area contributed by atoms with Crippen LogP contribution in [0.1, 0.15) is 43.7 Å². The van der Waals surface area contributed by atoms with Gasteiger partial charge in [0.15, 0.2) is 5.78 Å². The van der Waals surface area contributed by atoms with E-state index in [1.807, 2.05) is 44.4 Å². The number of benzene rings is 1. The summed E-state index contributed by atoms with van der Waals surface area (Å²) in [5.74, 6) is -0.987. The van der Waals surface area contributed by atoms with Gasteiger partial charge in [-0.1, -0.05) is 38.1 Å². The third kappa shape index (κ3) is 3.24. The molecule has 1 aliphatic carbocycles. The van der Waals surface area contributed by atoms with Crippen molar-refractivity contribution in [2.24, 2.45) is 5.73 Å². The molecule has 5 heteroatoms. The van der Waals surface area contributed by atoms with Crippen molar-refractivity contribution in [3.63, 3.8) is 0 Å². The molecule has 0 aromatic heterocycles. The van der Waals surface area contributed by atoms with E-state index in [1.165, 1.54) is 11.8 Å². The van der Waals surface area contributed by atoms with E-state index in [-0.39, 0.29) is 34.6 Å². The molecule has 1 saturated carbocycles. The van der Waals surface area contributed by atoms with Gasteiger partial charge in [0.2, 0.25) is 5.91 Å². The molecule has 1 aromatic carbocycles. The number of hydrogen-bond acceptors (Lipinski definition) is 4. The normalized spacial score (nSPS) is 22.1. The van der Waals surface area contributed by atoms with E-state index >= 15 is 0 Å². The lowest BCUT2D eigenvalue weighted by molar-refractivity contribution is -0.123. The summed E-state index contributed by atoms with van der Waals surface area (Å²) >= 11 is 1.44. The Labute approximate surface area is 134 Å². The number of Topliss-reactive ketones (excluding diaryl/α,β-unsaturated/α-hetero) is 2. The fraction of sp³-hybridized carbons (Fsp3) is 0.471. The Balaban J connectivity index is 2.24. The van der Waals surface area contributed by atoms with Crippen LogP contribution < -0.4 is 5.73 Å². The molecule has 1 fully saturated rings. The van der Waals surface area contributed by atoms with Crippen LogP contribution >= 0.6 is 11.8 Å². The number of carbonyl (C=O) groups is 3. The van der Waals surface area contributed by atoms with Crippen molar-refractivity contribution in [1.29, 1.82) is 0 Å². The Morgan fingerprint density at radius 1 is 1.27 bits per heavy atom. The molecule has 4 nitrogen and oxygen atoms in total. The van der Waals surface area contributed by atoms with Crippen LogP contribution in [0.2, 0.25) is 0 Å². The fourth-order valence-corrected chi connectivity index (χ4v) is 3.66. The van der Waals surface area contributed by atoms with Crippen LogP contribution in [0.4, 0.5) is 0 Å². The molecule has 2 rings (SSSR count). The summed E-state index contributed by atoms with van der Waals surface area (Å²) in [7, 11) is 0. The highest BCUT2D eigenvalue weighted by Gasteiger charge is 2.41. The quantitative estimate of drug-likeness (QED) is 0.844. The molecular weight excluding hydrogens is 298 g/mol. The first-order valence-electron chi connectivity index (χ1n) is 7.24. The van der Waals surface area contributed by atoms with Gasteiger partial charge < -0.3 is 5.73 Å². The van der Waals surface area contributed by atoms with E-state index in [2.05, 4.69) is 0 Å². The third-order valence-electron chi connectivity index (χ3n) is 4.24. The first kappa shape index (κ1) is 16.7. The molecule has 0 radical (unpaired) electrons. The molecule has 2 N–H and O–H groups in total. The van der Waals surface area contributed by atoms with E-state index in [4.69, 9.17) is 5.73 Å². The highest BCUT2D eigenvalue weighted by Crippen LogP contribution is 2.35. The van der Waals surface area contributed by atoms with E-state index in [0.29, 0.717) is 6.42 Å². The topological polar surface area (TPSA) is 77.2 Å². The van der Waals surface area contributed by atoms with Gasteiger partial charge in [0.05, 0.1) is 5.25 Å². The van der Waals surface area contributed by atoms with E-state index in [9.17, 15) is 14.4 Å². The van der Waals surface area contributed by atoms with Crippen LogP contribution in [0.5, 0.6) is 0 Å². The number of ketones is 2. The summed E-state index contributed by atoms with van der Waals surface area (Å²) in [6.45, 7) is 3.89. The Morgan fingerprint density at radius 2 is 1.86 bits per heavy atom. The van der Waals surface area contributed by atoms with Gasteiger partial charge in [0, 0.05) is 12.8 Å². The Hall–Kier alpha value is -1.62. The highest BCUT2D eigenvalue weighted by atomic mass is 32.2. The molecule has 0 bridgehead atoms. The third-order valence-corrected chi connectivity index (χ3v) is 5.20. The first-order valence-corrected chi connectivity index (χ1v) is 8.53. The Morgan fingerprint density at radius 3 is 2.32 bits per heavy atom. The lowest BCUT2D eigenvalue weighted by Crippen LogP contribution is -2.26. The monoisotopic (exact) mass is 319 g/mol. The lowest BCUT2D eigenvalue weighted by Gasteiger charge is -2.24. The van der Waals surface area contributed by atoms with Crippen LogP contribution in [0.25, 0.3) is 0 Å². The SMILES string of the molecule is CSC1CC(=O)C(c2ccc(C(C)(C)CC(N)=O)cc2)C1=O. The second kappa shape index (κ2) is 6.24. The molecule has 1 aliphatic rings. The fourth-order valence-electron chi connectivity index (χ4n) is 2.96. The van der Waals surface area contributed by atoms with Crippen molar-refractivity contribution in [2.45, 2.75) is 43.3 Å². The number of rotatable bonds is 5. The first-order chi connectivity index (χ1) is 10.3. The van der Waals surface area contributed by atoms with Gasteiger partial charge in [-0.05, 0) is 22.8 Å². The van der Waals surface area contributed by atoms with Crippen LogP contribution in [0.15, 0.2) is 24.3 Å². The summed E-state index contributed by atoms with van der Waals surface area (Å²) in [6, 6.07) is 7.40. The molecular formula is C17H21NO3S. The van der Waals surface area contributed by atoms with Crippen molar-refractivity contribution >= 4 is 29.2 Å². The molecule has 0 aliphatic heterocycles. The second-order valence-electron chi connectivity index (χ2n) is 6.38. The Kier molecular flexibility index (Phi) is 4.75. The summed E-state index contributed by atoms with van der Waals surface area (Å²) in [5.41, 5.74) is 6.62. The van der Waals surface area contributed by atoms with Crippen LogP contribution in [-0.4, -0.2) is 29.0 Å². The predicted molar refractivity (Wildman–Crippen MR) is 88.0 cm³/mol. The minimum absolute atomic E-state index is 0.00152. The summed E-state index contributed by atoms with van der Waals surface area (Å²) in [4.78, 5) is 35.5. The summed E-state index contributed by atoms with van der Waals surface area (Å²) in [6.07, 6.45) is 2.43. The van der Waals surface area contributed by atoms with E-state index < -0.39 is 5.92 Å². The second-order valence-corrected chi connectivity index (χ2v) is 7.42. The van der Waals surface area contributed by atoms with Gasteiger partial charge in [-0.15, -0.1) is 0 Å². The molecule has 2 unspecified atom stereocenters. The van der Waals surface area contributed by atoms with Gasteiger partial charge in [-0.3, -0.25) is 14.4 Å². The van der Waals surface area contributed by atoms with Crippen LogP contribution in [0.3, 0.4) is 0 Å². The number of thioether (sulfide) groups is 1. The maximum Gasteiger partial charge on any atom is 0.218 e. The summed E-state index contributed by atoms with van der Waals surface area (Å²) in [5, 5.41) is -0.219. The standard InChI is InChI=1S/C17H21NO3S/c1-17(2,9-14(18)20)11-6-4-10(5-7-11)15-12(19)8-13(22-3)16(15)21/h4-7,13,15H,8-9H2,1-3H3,(H2,18,20). The Bertz CT molecular complexity index is 607. The van der Waals surface area contributed by atoms with Gasteiger partial charge in [-0.25, -0.2) is 0 Å².